The predicted molar refractivity (Wildman–Crippen MR) is 270 cm³/mol. The van der Waals surface area contributed by atoms with Crippen LogP contribution in [0, 0.1) is 11.8 Å². The highest BCUT2D eigenvalue weighted by molar-refractivity contribution is 5.78. The second-order valence-electron chi connectivity index (χ2n) is 13.2. The van der Waals surface area contributed by atoms with Crippen LogP contribution < -0.4 is 0 Å². The first-order valence-corrected chi connectivity index (χ1v) is 19.4. The van der Waals surface area contributed by atoms with Gasteiger partial charge in [-0.1, -0.05) is 256 Å². The minimum atomic E-state index is 0. The molecule has 0 rings (SSSR count). The van der Waals surface area contributed by atoms with Gasteiger partial charge in [0.2, 0.25) is 0 Å². The van der Waals surface area contributed by atoms with Gasteiger partial charge in [0.15, 0.2) is 0 Å². The van der Waals surface area contributed by atoms with E-state index in [1.54, 1.807) is 13.8 Å². The van der Waals surface area contributed by atoms with Crippen LogP contribution in [0.4, 0.5) is 0 Å². The van der Waals surface area contributed by atoms with Crippen molar-refractivity contribution in [1.82, 2.24) is 0 Å². The third-order valence-electron chi connectivity index (χ3n) is 8.22. The highest BCUT2D eigenvalue weighted by Gasteiger charge is 2.13. The van der Waals surface area contributed by atoms with E-state index in [0.29, 0.717) is 11.7 Å². The van der Waals surface area contributed by atoms with Crippen molar-refractivity contribution in [3.05, 3.63) is 25.3 Å². The van der Waals surface area contributed by atoms with Gasteiger partial charge in [0.25, 0.3) is 0 Å². The Bertz CT molecular complexity index is 529. The van der Waals surface area contributed by atoms with Crippen molar-refractivity contribution in [1.29, 1.82) is 0 Å². The Kier molecular flexibility index (Phi) is 155. The molecule has 0 unspecified atom stereocenters. The van der Waals surface area contributed by atoms with Gasteiger partial charge in [-0.05, 0) is 52.4 Å². The van der Waals surface area contributed by atoms with E-state index in [1.807, 2.05) is 26.0 Å². The molecule has 54 heavy (non-hydrogen) atoms. The summed E-state index contributed by atoms with van der Waals surface area (Å²) in [5.74, 6) is 1.25. The summed E-state index contributed by atoms with van der Waals surface area (Å²) in [6, 6.07) is 0. The number of carbonyl (C=O) groups is 2. The molecular formula is C52H124O2. The molecule has 2 nitrogen and oxygen atoms in total. The molecule has 0 spiro atoms. The van der Waals surface area contributed by atoms with Crippen LogP contribution in [-0.4, -0.2) is 11.6 Å². The molecule has 344 valence electrons. The van der Waals surface area contributed by atoms with Crippen LogP contribution in [0.2, 0.25) is 0 Å². The van der Waals surface area contributed by atoms with Gasteiger partial charge in [-0.25, -0.2) is 0 Å². The molecule has 2 heteroatoms. The van der Waals surface area contributed by atoms with Gasteiger partial charge in [0, 0.05) is 11.8 Å². The van der Waals surface area contributed by atoms with Gasteiger partial charge in [0.05, 0.1) is 0 Å². The molecule has 0 aliphatic heterocycles. The summed E-state index contributed by atoms with van der Waals surface area (Å²) >= 11 is 0. The first-order chi connectivity index (χ1) is 21.2. The lowest BCUT2D eigenvalue weighted by atomic mass is 9.91. The Morgan fingerprint density at radius 2 is 0.593 bits per heavy atom. The zero-order valence-corrected chi connectivity index (χ0v) is 31.9. The van der Waals surface area contributed by atoms with Crippen molar-refractivity contribution in [2.45, 2.75) is 297 Å². The Morgan fingerprint density at radius 1 is 0.389 bits per heavy atom. The van der Waals surface area contributed by atoms with Gasteiger partial charge in [-0.15, -0.1) is 13.2 Å². The van der Waals surface area contributed by atoms with Gasteiger partial charge in [-0.2, -0.15) is 0 Å². The van der Waals surface area contributed by atoms with Crippen molar-refractivity contribution in [3.8, 4) is 0 Å². The smallest absolute Gasteiger partial charge is 0.132 e. The number of allylic oxidation sites excluding steroid dienone is 2. The standard InChI is InChI=1S/C19H38O.2C9H18.C5H10O.10CH4/c1-4-6-8-10-12-14-16-19(18(3)20)17-15-13-11-9-7-5-2;2*1-3-5-7-9-8-6-4-2;1-4(2)5(3)6;;;;;;;;;;/h19H,4-17H2,1-3H3;2*3H,1,4-9H2,2H3;4H,1-3H3;10*1H4. The Balaban J connectivity index is -0.0000000340. The van der Waals surface area contributed by atoms with Crippen LogP contribution >= 0.6 is 0 Å². The topological polar surface area (TPSA) is 34.1 Å². The van der Waals surface area contributed by atoms with E-state index in [-0.39, 0.29) is 86.0 Å². The van der Waals surface area contributed by atoms with Gasteiger partial charge in [-0.3, -0.25) is 9.59 Å². The first-order valence-electron chi connectivity index (χ1n) is 19.4. The maximum Gasteiger partial charge on any atom is 0.132 e. The number of unbranched alkanes of at least 4 members (excludes halogenated alkanes) is 20. The minimum absolute atomic E-state index is 0. The summed E-state index contributed by atoms with van der Waals surface area (Å²) in [4.78, 5) is 21.8. The van der Waals surface area contributed by atoms with Crippen LogP contribution in [0.15, 0.2) is 25.3 Å². The zero-order valence-electron chi connectivity index (χ0n) is 31.9. The lowest BCUT2D eigenvalue weighted by Crippen LogP contribution is -2.10. The van der Waals surface area contributed by atoms with Gasteiger partial charge in [0.1, 0.15) is 11.6 Å². The second kappa shape index (κ2) is 88.8. The molecule has 0 atom stereocenters. The van der Waals surface area contributed by atoms with E-state index in [2.05, 4.69) is 40.9 Å². The monoisotopic (exact) mass is 781 g/mol. The molecule has 0 fully saturated rings. The number of carbonyl (C=O) groups excluding carboxylic acids is 2. The summed E-state index contributed by atoms with van der Waals surface area (Å²) in [6.45, 7) is 23.5. The SMILES string of the molecule is C.C.C.C.C.C.C.C.C.C.C=CCCCCCCC.C=CCCCCCCC.CC(=O)C(C)C.CCCCCCCCC(CCCCCCCC)C(C)=O. The Hall–Kier alpha value is -1.18. The lowest BCUT2D eigenvalue weighted by molar-refractivity contribution is -0.121. The molecule has 0 aromatic heterocycles. The number of hydrogen-bond acceptors (Lipinski definition) is 2. The molecular weight excluding hydrogens is 657 g/mol. The number of hydrogen-bond donors (Lipinski definition) is 0. The first kappa shape index (κ1) is 94.1. The van der Waals surface area contributed by atoms with Crippen molar-refractivity contribution >= 4 is 11.6 Å². The van der Waals surface area contributed by atoms with Crippen LogP contribution in [0.25, 0.3) is 0 Å². The quantitative estimate of drug-likeness (QED) is 0.0585. The summed E-state index contributed by atoms with van der Waals surface area (Å²) in [5.41, 5.74) is 0. The number of rotatable bonds is 28. The van der Waals surface area contributed by atoms with Crippen molar-refractivity contribution in [2.24, 2.45) is 11.8 Å². The van der Waals surface area contributed by atoms with Gasteiger partial charge >= 0.3 is 0 Å². The average Bonchev–Trinajstić information content (AvgIpc) is 3.00. The van der Waals surface area contributed by atoms with E-state index in [9.17, 15) is 9.59 Å². The fourth-order valence-corrected chi connectivity index (χ4v) is 4.68. The second-order valence-corrected chi connectivity index (χ2v) is 13.2. The minimum Gasteiger partial charge on any atom is -0.300 e. The average molecular weight is 782 g/mol. The molecule has 0 aromatic rings. The van der Waals surface area contributed by atoms with Crippen molar-refractivity contribution in [2.75, 3.05) is 0 Å². The molecule has 0 radical (unpaired) electrons. The largest absolute Gasteiger partial charge is 0.300 e. The van der Waals surface area contributed by atoms with E-state index < -0.39 is 0 Å². The fourth-order valence-electron chi connectivity index (χ4n) is 4.68. The summed E-state index contributed by atoms with van der Waals surface area (Å²) in [6.07, 6.45) is 38.4. The van der Waals surface area contributed by atoms with E-state index in [1.165, 1.54) is 154 Å². The van der Waals surface area contributed by atoms with Crippen LogP contribution in [0.3, 0.4) is 0 Å². The highest BCUT2D eigenvalue weighted by Crippen LogP contribution is 2.20. The molecule has 0 saturated heterocycles. The third kappa shape index (κ3) is 104. The molecule has 0 N–H and O–H groups in total. The molecule has 0 aromatic carbocycles. The summed E-state index contributed by atoms with van der Waals surface area (Å²) in [7, 11) is 0. The van der Waals surface area contributed by atoms with Gasteiger partial charge < -0.3 is 0 Å². The zero-order chi connectivity index (χ0) is 34.1. The summed E-state index contributed by atoms with van der Waals surface area (Å²) in [5, 5.41) is 0. The van der Waals surface area contributed by atoms with Crippen LogP contribution in [0.1, 0.15) is 297 Å². The van der Waals surface area contributed by atoms with Crippen molar-refractivity contribution in [3.63, 3.8) is 0 Å². The Labute approximate surface area is 353 Å². The molecule has 0 heterocycles. The normalized spacial score (nSPS) is 8.33. The highest BCUT2D eigenvalue weighted by atomic mass is 16.1. The van der Waals surface area contributed by atoms with Crippen LogP contribution in [0.5, 0.6) is 0 Å². The molecule has 0 bridgehead atoms. The molecule has 0 amide bonds. The van der Waals surface area contributed by atoms with Crippen molar-refractivity contribution < 1.29 is 9.59 Å². The van der Waals surface area contributed by atoms with E-state index in [0.717, 1.165) is 12.8 Å². The molecule has 0 aliphatic carbocycles. The van der Waals surface area contributed by atoms with E-state index >= 15 is 0 Å². The third-order valence-corrected chi connectivity index (χ3v) is 8.22. The maximum absolute atomic E-state index is 11.7. The fraction of sp³-hybridized carbons (Fsp3) is 0.885. The Morgan fingerprint density at radius 3 is 0.778 bits per heavy atom. The predicted octanol–water partition coefficient (Wildman–Crippen LogP) is 21.4. The molecule has 0 aliphatic rings. The van der Waals surface area contributed by atoms with Crippen LogP contribution in [-0.2, 0) is 9.59 Å². The maximum atomic E-state index is 11.7. The number of Topliss-reactive ketones (excluding diaryl/α,β-unsaturated/α-hetero) is 2. The lowest BCUT2D eigenvalue weighted by Gasteiger charge is -2.13. The number of ketones is 2. The van der Waals surface area contributed by atoms with E-state index in [4.69, 9.17) is 0 Å². The summed E-state index contributed by atoms with van der Waals surface area (Å²) < 4.78 is 0. The molecule has 0 saturated carbocycles.